The minimum atomic E-state index is -0.428. The fourth-order valence-electron chi connectivity index (χ4n) is 3.34. The quantitative estimate of drug-likeness (QED) is 0.804. The summed E-state index contributed by atoms with van der Waals surface area (Å²) in [4.78, 5) is 14.1. The van der Waals surface area contributed by atoms with Gasteiger partial charge in [-0.3, -0.25) is 0 Å². The largest absolute Gasteiger partial charge is 0.444 e. The van der Waals surface area contributed by atoms with E-state index in [1.807, 2.05) is 25.7 Å². The molecule has 0 saturated heterocycles. The average molecular weight is 312 g/mol. The molecule has 0 aliphatic heterocycles. The summed E-state index contributed by atoms with van der Waals surface area (Å²) in [5, 5.41) is 3.68. The first-order valence-corrected chi connectivity index (χ1v) is 8.96. The Morgan fingerprint density at radius 2 is 1.77 bits per heavy atom. The molecule has 22 heavy (non-hydrogen) atoms. The van der Waals surface area contributed by atoms with Crippen LogP contribution < -0.4 is 5.32 Å². The Morgan fingerprint density at radius 3 is 2.27 bits per heavy atom. The van der Waals surface area contributed by atoms with Crippen LogP contribution in [0.15, 0.2) is 0 Å². The zero-order valence-electron chi connectivity index (χ0n) is 15.4. The van der Waals surface area contributed by atoms with E-state index in [4.69, 9.17) is 4.74 Å². The molecule has 1 amide bonds. The first kappa shape index (κ1) is 19.3. The van der Waals surface area contributed by atoms with Gasteiger partial charge in [0.25, 0.3) is 0 Å². The molecule has 0 aromatic heterocycles. The predicted octanol–water partition coefficient (Wildman–Crippen LogP) is 4.05. The highest BCUT2D eigenvalue weighted by Crippen LogP contribution is 2.28. The third kappa shape index (κ3) is 6.55. The summed E-state index contributed by atoms with van der Waals surface area (Å²) in [5.41, 5.74) is -0.428. The van der Waals surface area contributed by atoms with Crippen LogP contribution in [0.5, 0.6) is 0 Å². The molecule has 1 rings (SSSR count). The maximum Gasteiger partial charge on any atom is 0.410 e. The van der Waals surface area contributed by atoms with Crippen LogP contribution in [0.4, 0.5) is 4.79 Å². The maximum absolute atomic E-state index is 12.2. The fraction of sp³-hybridized carbons (Fsp3) is 0.944. The minimum Gasteiger partial charge on any atom is -0.444 e. The summed E-state index contributed by atoms with van der Waals surface area (Å²) in [6.07, 6.45) is 4.73. The summed E-state index contributed by atoms with van der Waals surface area (Å²) < 4.78 is 5.50. The number of nitrogens with zero attached hydrogens (tertiary/aromatic N) is 1. The molecule has 1 N–H and O–H groups in total. The number of ether oxygens (including phenoxy) is 1. The molecule has 1 aliphatic rings. The van der Waals surface area contributed by atoms with Gasteiger partial charge in [0, 0.05) is 25.7 Å². The zero-order chi connectivity index (χ0) is 16.8. The Kier molecular flexibility index (Phi) is 7.67. The van der Waals surface area contributed by atoms with Gasteiger partial charge in [0.15, 0.2) is 0 Å². The summed E-state index contributed by atoms with van der Waals surface area (Å²) in [6.45, 7) is 14.8. The Hall–Kier alpha value is -0.770. The van der Waals surface area contributed by atoms with Gasteiger partial charge in [-0.2, -0.15) is 0 Å². The van der Waals surface area contributed by atoms with Gasteiger partial charge in [-0.25, -0.2) is 4.79 Å². The smallest absolute Gasteiger partial charge is 0.410 e. The number of carbonyl (C=O) groups excluding carboxylic acids is 1. The van der Waals surface area contributed by atoms with Crippen LogP contribution in [0.3, 0.4) is 0 Å². The van der Waals surface area contributed by atoms with Crippen LogP contribution in [-0.2, 0) is 4.74 Å². The lowest BCUT2D eigenvalue weighted by atomic mass is 9.79. The molecule has 130 valence electrons. The van der Waals surface area contributed by atoms with Crippen molar-refractivity contribution in [2.45, 2.75) is 78.9 Å². The second-order valence-electron chi connectivity index (χ2n) is 7.83. The number of hydrogen-bond donors (Lipinski definition) is 1. The fourth-order valence-corrected chi connectivity index (χ4v) is 3.34. The lowest BCUT2D eigenvalue weighted by Gasteiger charge is -2.36. The van der Waals surface area contributed by atoms with Crippen molar-refractivity contribution in [3.63, 3.8) is 0 Å². The standard InChI is InChI=1S/C18H36N2O2/c1-7-12-20(17(21)22-18(4,5)6)13-11-19-16-14(2)9-8-10-15(16)3/h14-16,19H,7-13H2,1-6H3. The highest BCUT2D eigenvalue weighted by atomic mass is 16.6. The second kappa shape index (κ2) is 8.76. The maximum atomic E-state index is 12.2. The topological polar surface area (TPSA) is 41.6 Å². The first-order valence-electron chi connectivity index (χ1n) is 8.96. The van der Waals surface area contributed by atoms with Gasteiger partial charge in [0.2, 0.25) is 0 Å². The normalized spacial score (nSPS) is 25.8. The third-order valence-corrected chi connectivity index (χ3v) is 4.45. The molecule has 4 nitrogen and oxygen atoms in total. The van der Waals surface area contributed by atoms with Crippen molar-refractivity contribution in [3.8, 4) is 0 Å². The molecule has 0 spiro atoms. The third-order valence-electron chi connectivity index (χ3n) is 4.45. The summed E-state index contributed by atoms with van der Waals surface area (Å²) in [7, 11) is 0. The summed E-state index contributed by atoms with van der Waals surface area (Å²) in [5.74, 6) is 1.45. The molecular weight excluding hydrogens is 276 g/mol. The molecule has 0 aromatic rings. The lowest BCUT2D eigenvalue weighted by Crippen LogP contribution is -2.47. The van der Waals surface area contributed by atoms with Gasteiger partial charge >= 0.3 is 6.09 Å². The van der Waals surface area contributed by atoms with Crippen molar-refractivity contribution < 1.29 is 9.53 Å². The van der Waals surface area contributed by atoms with Gasteiger partial charge < -0.3 is 15.0 Å². The molecule has 0 radical (unpaired) electrons. The van der Waals surface area contributed by atoms with Crippen LogP contribution in [-0.4, -0.2) is 42.3 Å². The minimum absolute atomic E-state index is 0.194. The molecule has 1 saturated carbocycles. The Labute approximate surface area is 137 Å². The van der Waals surface area contributed by atoms with E-state index in [1.54, 1.807) is 0 Å². The molecule has 4 heteroatoms. The molecule has 0 heterocycles. The van der Waals surface area contributed by atoms with E-state index in [0.717, 1.165) is 37.9 Å². The van der Waals surface area contributed by atoms with E-state index < -0.39 is 5.60 Å². The van der Waals surface area contributed by atoms with Crippen LogP contribution in [0.25, 0.3) is 0 Å². The molecule has 2 unspecified atom stereocenters. The van der Waals surface area contributed by atoms with E-state index in [2.05, 4.69) is 26.1 Å². The second-order valence-corrected chi connectivity index (χ2v) is 7.83. The summed E-state index contributed by atoms with van der Waals surface area (Å²) in [6, 6.07) is 0.580. The summed E-state index contributed by atoms with van der Waals surface area (Å²) >= 11 is 0. The van der Waals surface area contributed by atoms with Crippen LogP contribution in [0.2, 0.25) is 0 Å². The van der Waals surface area contributed by atoms with Gasteiger partial charge in [0.1, 0.15) is 5.60 Å². The molecule has 0 aromatic carbocycles. The highest BCUT2D eigenvalue weighted by Gasteiger charge is 2.27. The highest BCUT2D eigenvalue weighted by molar-refractivity contribution is 5.68. The Morgan fingerprint density at radius 1 is 1.18 bits per heavy atom. The van der Waals surface area contributed by atoms with Gasteiger partial charge in [-0.15, -0.1) is 0 Å². The number of rotatable bonds is 6. The molecule has 2 atom stereocenters. The predicted molar refractivity (Wildman–Crippen MR) is 92.1 cm³/mol. The van der Waals surface area contributed by atoms with Crippen molar-refractivity contribution >= 4 is 6.09 Å². The van der Waals surface area contributed by atoms with E-state index in [0.29, 0.717) is 6.04 Å². The number of nitrogens with one attached hydrogen (secondary N) is 1. The molecule has 1 aliphatic carbocycles. The van der Waals surface area contributed by atoms with Crippen LogP contribution in [0.1, 0.15) is 67.2 Å². The first-order chi connectivity index (χ1) is 10.2. The number of amides is 1. The lowest BCUT2D eigenvalue weighted by molar-refractivity contribution is 0.0247. The van der Waals surface area contributed by atoms with Crippen LogP contribution >= 0.6 is 0 Å². The van der Waals surface area contributed by atoms with Gasteiger partial charge in [-0.05, 0) is 51.9 Å². The molecule has 0 bridgehead atoms. The van der Waals surface area contributed by atoms with Crippen LogP contribution in [0, 0.1) is 11.8 Å². The molecule has 1 fully saturated rings. The van der Waals surface area contributed by atoms with Crippen molar-refractivity contribution in [1.82, 2.24) is 10.2 Å². The monoisotopic (exact) mass is 312 g/mol. The van der Waals surface area contributed by atoms with Gasteiger partial charge in [-0.1, -0.05) is 27.2 Å². The van der Waals surface area contributed by atoms with E-state index in [-0.39, 0.29) is 6.09 Å². The average Bonchev–Trinajstić information content (AvgIpc) is 2.39. The number of carbonyl (C=O) groups is 1. The SMILES string of the molecule is CCCN(CCNC1C(C)CCCC1C)C(=O)OC(C)(C)C. The zero-order valence-corrected chi connectivity index (χ0v) is 15.4. The Balaban J connectivity index is 2.45. The van der Waals surface area contributed by atoms with Crippen molar-refractivity contribution in [1.29, 1.82) is 0 Å². The Bertz CT molecular complexity index is 328. The van der Waals surface area contributed by atoms with E-state index in [9.17, 15) is 4.79 Å². The van der Waals surface area contributed by atoms with Gasteiger partial charge in [0.05, 0.1) is 0 Å². The van der Waals surface area contributed by atoms with E-state index >= 15 is 0 Å². The molecular formula is C18H36N2O2. The van der Waals surface area contributed by atoms with Crippen molar-refractivity contribution in [2.24, 2.45) is 11.8 Å². The number of hydrogen-bond acceptors (Lipinski definition) is 3. The van der Waals surface area contributed by atoms with Crippen molar-refractivity contribution in [3.05, 3.63) is 0 Å². The van der Waals surface area contributed by atoms with E-state index in [1.165, 1.54) is 19.3 Å². The van der Waals surface area contributed by atoms with Crippen molar-refractivity contribution in [2.75, 3.05) is 19.6 Å².